The van der Waals surface area contributed by atoms with E-state index in [0.29, 0.717) is 12.4 Å². The highest BCUT2D eigenvalue weighted by Gasteiger charge is 2.39. The average molecular weight is 207 g/mol. The number of nitrogens with zero attached hydrogens (tertiary/aromatic N) is 2. The van der Waals surface area contributed by atoms with Crippen LogP contribution in [-0.4, -0.2) is 16.6 Å². The van der Waals surface area contributed by atoms with Crippen molar-refractivity contribution < 1.29 is 4.74 Å². The molecular weight excluding hydrogens is 190 g/mol. The first-order valence-electron chi connectivity index (χ1n) is 5.50. The third-order valence-corrected chi connectivity index (χ3v) is 2.92. The Balaban J connectivity index is 2.31. The second-order valence-corrected chi connectivity index (χ2v) is 3.94. The van der Waals surface area contributed by atoms with Crippen LogP contribution in [0.1, 0.15) is 38.4 Å². The molecule has 1 heterocycles. The summed E-state index contributed by atoms with van der Waals surface area (Å²) < 4.78 is 5.85. The molecule has 1 saturated carbocycles. The molecule has 2 rings (SSSR count). The molecule has 1 aromatic heterocycles. The van der Waals surface area contributed by atoms with Gasteiger partial charge in [-0.25, -0.2) is 9.97 Å². The summed E-state index contributed by atoms with van der Waals surface area (Å²) in [7, 11) is 0. The molecule has 4 heteroatoms. The maximum absolute atomic E-state index is 5.85. The standard InChI is InChI=1S/C11H17N3O/c1-2-15-11(6-3-4-7-11)10-13-8-5-9(12)14-10/h5,8H,2-4,6-7H2,1H3,(H2,12,13,14). The maximum Gasteiger partial charge on any atom is 0.162 e. The van der Waals surface area contributed by atoms with Gasteiger partial charge in [-0.2, -0.15) is 0 Å². The number of aromatic nitrogens is 2. The molecule has 0 aliphatic heterocycles. The van der Waals surface area contributed by atoms with Crippen molar-refractivity contribution >= 4 is 5.82 Å². The SMILES string of the molecule is CCOC1(c2nccc(N)n2)CCCC1. The van der Waals surface area contributed by atoms with Crippen LogP contribution in [0.25, 0.3) is 0 Å². The Morgan fingerprint density at radius 2 is 2.20 bits per heavy atom. The Morgan fingerprint density at radius 1 is 1.47 bits per heavy atom. The molecule has 1 aromatic rings. The number of nitrogens with two attached hydrogens (primary N) is 1. The molecule has 0 spiro atoms. The van der Waals surface area contributed by atoms with Gasteiger partial charge in [-0.05, 0) is 38.7 Å². The Morgan fingerprint density at radius 3 is 2.80 bits per heavy atom. The predicted molar refractivity (Wildman–Crippen MR) is 58.2 cm³/mol. The van der Waals surface area contributed by atoms with E-state index in [4.69, 9.17) is 10.5 Å². The van der Waals surface area contributed by atoms with Gasteiger partial charge in [-0.15, -0.1) is 0 Å². The molecular formula is C11H17N3O. The lowest BCUT2D eigenvalue weighted by molar-refractivity contribution is -0.0456. The second kappa shape index (κ2) is 4.14. The third kappa shape index (κ3) is 1.95. The van der Waals surface area contributed by atoms with Crippen molar-refractivity contribution in [3.8, 4) is 0 Å². The Labute approximate surface area is 89.9 Å². The van der Waals surface area contributed by atoms with E-state index < -0.39 is 0 Å². The van der Waals surface area contributed by atoms with Crippen LogP contribution in [0.4, 0.5) is 5.82 Å². The summed E-state index contributed by atoms with van der Waals surface area (Å²) in [5.74, 6) is 1.27. The van der Waals surface area contributed by atoms with Gasteiger partial charge in [0, 0.05) is 12.8 Å². The number of ether oxygens (including phenoxy) is 1. The Kier molecular flexibility index (Phi) is 2.86. The van der Waals surface area contributed by atoms with E-state index in [1.165, 1.54) is 12.8 Å². The highest BCUT2D eigenvalue weighted by molar-refractivity contribution is 5.26. The van der Waals surface area contributed by atoms with Crippen LogP contribution in [0.3, 0.4) is 0 Å². The summed E-state index contributed by atoms with van der Waals surface area (Å²) in [6.07, 6.45) is 6.07. The fourth-order valence-corrected chi connectivity index (χ4v) is 2.25. The van der Waals surface area contributed by atoms with Gasteiger partial charge in [0.05, 0.1) is 0 Å². The van der Waals surface area contributed by atoms with Crippen molar-refractivity contribution in [2.45, 2.75) is 38.2 Å². The van der Waals surface area contributed by atoms with Crippen LogP contribution >= 0.6 is 0 Å². The van der Waals surface area contributed by atoms with Gasteiger partial charge in [-0.3, -0.25) is 0 Å². The third-order valence-electron chi connectivity index (χ3n) is 2.92. The molecule has 0 amide bonds. The lowest BCUT2D eigenvalue weighted by atomic mass is 10.0. The highest BCUT2D eigenvalue weighted by atomic mass is 16.5. The quantitative estimate of drug-likeness (QED) is 0.821. The zero-order valence-electron chi connectivity index (χ0n) is 9.07. The first-order chi connectivity index (χ1) is 7.27. The van der Waals surface area contributed by atoms with Gasteiger partial charge in [-0.1, -0.05) is 0 Å². The summed E-state index contributed by atoms with van der Waals surface area (Å²) >= 11 is 0. The first-order valence-corrected chi connectivity index (χ1v) is 5.50. The fourth-order valence-electron chi connectivity index (χ4n) is 2.25. The minimum absolute atomic E-state index is 0.274. The molecule has 0 aromatic carbocycles. The number of hydrogen-bond donors (Lipinski definition) is 1. The lowest BCUT2D eigenvalue weighted by Gasteiger charge is -2.27. The van der Waals surface area contributed by atoms with Crippen LogP contribution in [0.2, 0.25) is 0 Å². The normalized spacial score (nSPS) is 19.3. The molecule has 1 fully saturated rings. The number of rotatable bonds is 3. The van der Waals surface area contributed by atoms with Crippen LogP contribution in [0.15, 0.2) is 12.3 Å². The number of hydrogen-bond acceptors (Lipinski definition) is 4. The molecule has 0 atom stereocenters. The van der Waals surface area contributed by atoms with E-state index in [-0.39, 0.29) is 5.60 Å². The minimum Gasteiger partial charge on any atom is -0.384 e. The predicted octanol–water partition coefficient (Wildman–Crippen LogP) is 1.86. The summed E-state index contributed by atoms with van der Waals surface area (Å²) in [5, 5.41) is 0. The van der Waals surface area contributed by atoms with Gasteiger partial charge in [0.2, 0.25) is 0 Å². The van der Waals surface area contributed by atoms with E-state index in [1.807, 2.05) is 6.92 Å². The van der Waals surface area contributed by atoms with Crippen LogP contribution in [0.5, 0.6) is 0 Å². The van der Waals surface area contributed by atoms with E-state index >= 15 is 0 Å². The minimum atomic E-state index is -0.274. The van der Waals surface area contributed by atoms with Gasteiger partial charge in [0.25, 0.3) is 0 Å². The van der Waals surface area contributed by atoms with Gasteiger partial charge < -0.3 is 10.5 Å². The van der Waals surface area contributed by atoms with Crippen molar-refractivity contribution in [3.05, 3.63) is 18.1 Å². The van der Waals surface area contributed by atoms with Crippen molar-refractivity contribution in [1.29, 1.82) is 0 Å². The van der Waals surface area contributed by atoms with E-state index in [2.05, 4.69) is 9.97 Å². The van der Waals surface area contributed by atoms with Crippen LogP contribution < -0.4 is 5.73 Å². The Bertz CT molecular complexity index is 334. The van der Waals surface area contributed by atoms with Gasteiger partial charge >= 0.3 is 0 Å². The Hall–Kier alpha value is -1.16. The smallest absolute Gasteiger partial charge is 0.162 e. The molecule has 4 nitrogen and oxygen atoms in total. The van der Waals surface area contributed by atoms with Gasteiger partial charge in [0.1, 0.15) is 11.4 Å². The highest BCUT2D eigenvalue weighted by Crippen LogP contribution is 2.40. The second-order valence-electron chi connectivity index (χ2n) is 3.94. The zero-order valence-corrected chi connectivity index (χ0v) is 9.07. The van der Waals surface area contributed by atoms with Crippen LogP contribution in [-0.2, 0) is 10.3 Å². The lowest BCUT2D eigenvalue weighted by Crippen LogP contribution is -2.29. The molecule has 82 valence electrons. The van der Waals surface area contributed by atoms with E-state index in [1.54, 1.807) is 12.3 Å². The zero-order chi connectivity index (χ0) is 10.7. The van der Waals surface area contributed by atoms with Gasteiger partial charge in [0.15, 0.2) is 5.82 Å². The van der Waals surface area contributed by atoms with Crippen molar-refractivity contribution in [2.75, 3.05) is 12.3 Å². The molecule has 1 aliphatic carbocycles. The number of anilines is 1. The maximum atomic E-state index is 5.85. The molecule has 0 radical (unpaired) electrons. The number of nitrogen functional groups attached to an aromatic ring is 1. The topological polar surface area (TPSA) is 61.0 Å². The summed E-state index contributed by atoms with van der Waals surface area (Å²) in [5.41, 5.74) is 5.40. The fraction of sp³-hybridized carbons (Fsp3) is 0.636. The molecule has 0 unspecified atom stereocenters. The van der Waals surface area contributed by atoms with Crippen molar-refractivity contribution in [2.24, 2.45) is 0 Å². The summed E-state index contributed by atoms with van der Waals surface area (Å²) in [6, 6.07) is 1.71. The van der Waals surface area contributed by atoms with E-state index in [0.717, 1.165) is 18.7 Å². The molecule has 0 bridgehead atoms. The summed E-state index contributed by atoms with van der Waals surface area (Å²) in [6.45, 7) is 2.70. The molecule has 15 heavy (non-hydrogen) atoms. The van der Waals surface area contributed by atoms with Crippen molar-refractivity contribution in [3.63, 3.8) is 0 Å². The molecule has 1 aliphatic rings. The average Bonchev–Trinajstić information content (AvgIpc) is 2.68. The van der Waals surface area contributed by atoms with E-state index in [9.17, 15) is 0 Å². The van der Waals surface area contributed by atoms with Crippen molar-refractivity contribution in [1.82, 2.24) is 9.97 Å². The molecule has 0 saturated heterocycles. The largest absolute Gasteiger partial charge is 0.384 e. The molecule has 2 N–H and O–H groups in total. The monoisotopic (exact) mass is 207 g/mol. The summed E-state index contributed by atoms with van der Waals surface area (Å²) in [4.78, 5) is 8.58. The first kappa shape index (κ1) is 10.4. The van der Waals surface area contributed by atoms with Crippen LogP contribution in [0, 0.1) is 0 Å².